The first-order valence-electron chi connectivity index (χ1n) is 6.31. The maximum Gasteiger partial charge on any atom is 0.354 e. The first-order chi connectivity index (χ1) is 8.52. The molecule has 4 nitrogen and oxygen atoms in total. The molecule has 0 atom stereocenters. The number of allylic oxidation sites excluding steroid dienone is 1. The van der Waals surface area contributed by atoms with Crippen LogP contribution in [-0.4, -0.2) is 23.9 Å². The number of carbonyl (C=O) groups excluding carboxylic acids is 2. The average Bonchev–Trinajstić information content (AvgIpc) is 2.79. The van der Waals surface area contributed by atoms with Gasteiger partial charge in [0.25, 0.3) is 0 Å². The Kier molecular flexibility index (Phi) is 6.19. The molecule has 5 heteroatoms. The van der Waals surface area contributed by atoms with Crippen molar-refractivity contribution in [1.82, 2.24) is 5.32 Å². The lowest BCUT2D eigenvalue weighted by Gasteiger charge is -2.13. The van der Waals surface area contributed by atoms with Gasteiger partial charge in [-0.1, -0.05) is 18.9 Å². The van der Waals surface area contributed by atoms with Crippen LogP contribution in [0.3, 0.4) is 0 Å². The van der Waals surface area contributed by atoms with Crippen LogP contribution in [0.2, 0.25) is 0 Å². The molecule has 1 fully saturated rings. The van der Waals surface area contributed by atoms with Crippen molar-refractivity contribution in [3.05, 3.63) is 11.8 Å². The molecular formula is C13H20ClNO3. The summed E-state index contributed by atoms with van der Waals surface area (Å²) >= 11 is 5.43. The summed E-state index contributed by atoms with van der Waals surface area (Å²) in [5.74, 6) is -0.705. The first-order valence-corrected chi connectivity index (χ1v) is 6.85. The van der Waals surface area contributed by atoms with E-state index in [2.05, 4.69) is 5.32 Å². The van der Waals surface area contributed by atoms with Gasteiger partial charge in [0.05, 0.1) is 6.10 Å². The third-order valence-corrected chi connectivity index (χ3v) is 3.00. The van der Waals surface area contributed by atoms with E-state index in [0.717, 1.165) is 25.7 Å². The third kappa shape index (κ3) is 5.08. The molecular weight excluding hydrogens is 254 g/mol. The Bertz CT molecular complexity index is 333. The topological polar surface area (TPSA) is 55.4 Å². The predicted octanol–water partition coefficient (Wildman–Crippen LogP) is 2.37. The molecule has 1 saturated carbocycles. The summed E-state index contributed by atoms with van der Waals surface area (Å²) in [4.78, 5) is 23.1. The van der Waals surface area contributed by atoms with Crippen molar-refractivity contribution in [2.75, 3.05) is 5.88 Å². The van der Waals surface area contributed by atoms with Crippen molar-refractivity contribution in [3.8, 4) is 0 Å². The van der Waals surface area contributed by atoms with Crippen molar-refractivity contribution in [2.45, 2.75) is 45.6 Å². The molecule has 0 bridgehead atoms. The number of amides is 1. The van der Waals surface area contributed by atoms with Crippen molar-refractivity contribution in [3.63, 3.8) is 0 Å². The summed E-state index contributed by atoms with van der Waals surface area (Å²) in [5, 5.41) is 2.51. The van der Waals surface area contributed by atoms with Crippen LogP contribution in [0.25, 0.3) is 0 Å². The molecule has 0 saturated heterocycles. The minimum atomic E-state index is -0.490. The molecule has 0 aliphatic heterocycles. The Morgan fingerprint density at radius 2 is 2.00 bits per heavy atom. The summed E-state index contributed by atoms with van der Waals surface area (Å²) in [6, 6.07) is 0. The maximum absolute atomic E-state index is 11.8. The average molecular weight is 274 g/mol. The molecule has 1 aliphatic rings. The number of hydrogen-bond donors (Lipinski definition) is 1. The molecule has 1 aliphatic carbocycles. The number of rotatable bonds is 5. The molecule has 18 heavy (non-hydrogen) atoms. The van der Waals surface area contributed by atoms with Gasteiger partial charge in [0.15, 0.2) is 0 Å². The van der Waals surface area contributed by atoms with Gasteiger partial charge >= 0.3 is 5.97 Å². The second kappa shape index (κ2) is 7.41. The van der Waals surface area contributed by atoms with E-state index in [1.807, 2.05) is 6.08 Å². The van der Waals surface area contributed by atoms with E-state index < -0.39 is 5.97 Å². The van der Waals surface area contributed by atoms with Crippen LogP contribution >= 0.6 is 11.6 Å². The van der Waals surface area contributed by atoms with E-state index in [1.54, 1.807) is 13.8 Å². The van der Waals surface area contributed by atoms with Gasteiger partial charge < -0.3 is 10.1 Å². The van der Waals surface area contributed by atoms with Crippen LogP contribution in [0.15, 0.2) is 11.8 Å². The van der Waals surface area contributed by atoms with E-state index in [1.165, 1.54) is 0 Å². The van der Waals surface area contributed by atoms with Gasteiger partial charge in [-0.05, 0) is 32.6 Å². The van der Waals surface area contributed by atoms with E-state index in [0.29, 0.717) is 5.92 Å². The van der Waals surface area contributed by atoms with E-state index in [4.69, 9.17) is 16.3 Å². The lowest BCUT2D eigenvalue weighted by Crippen LogP contribution is -2.31. The van der Waals surface area contributed by atoms with Gasteiger partial charge in [0, 0.05) is 0 Å². The fourth-order valence-corrected chi connectivity index (χ4v) is 2.05. The second-order valence-electron chi connectivity index (χ2n) is 4.76. The van der Waals surface area contributed by atoms with E-state index >= 15 is 0 Å². The number of hydrogen-bond acceptors (Lipinski definition) is 3. The molecule has 0 heterocycles. The Hall–Kier alpha value is -1.03. The van der Waals surface area contributed by atoms with E-state index in [9.17, 15) is 9.59 Å². The summed E-state index contributed by atoms with van der Waals surface area (Å²) in [7, 11) is 0. The molecule has 0 unspecified atom stereocenters. The fourth-order valence-electron chi connectivity index (χ4n) is 1.98. The lowest BCUT2D eigenvalue weighted by atomic mass is 10.1. The minimum Gasteiger partial charge on any atom is -0.458 e. The highest BCUT2D eigenvalue weighted by atomic mass is 35.5. The summed E-state index contributed by atoms with van der Waals surface area (Å²) in [5.41, 5.74) is 0.223. The van der Waals surface area contributed by atoms with Gasteiger partial charge in [-0.2, -0.15) is 0 Å². The molecule has 1 N–H and O–H groups in total. The monoisotopic (exact) mass is 273 g/mol. The molecule has 0 radical (unpaired) electrons. The third-order valence-electron chi connectivity index (χ3n) is 2.76. The number of halogens is 1. The lowest BCUT2D eigenvalue weighted by molar-refractivity contribution is -0.144. The molecule has 0 aromatic rings. The number of alkyl halides is 1. The number of carbonyl (C=O) groups is 2. The van der Waals surface area contributed by atoms with Gasteiger partial charge in [-0.15, -0.1) is 11.6 Å². The molecule has 0 aromatic heterocycles. The van der Waals surface area contributed by atoms with Crippen LogP contribution in [-0.2, 0) is 14.3 Å². The van der Waals surface area contributed by atoms with Gasteiger partial charge in [0.2, 0.25) is 5.91 Å². The Morgan fingerprint density at radius 1 is 1.39 bits per heavy atom. The SMILES string of the molecule is CC(C)OC(=O)C(=CC1CCCC1)NC(=O)CCl. The van der Waals surface area contributed by atoms with Crippen molar-refractivity contribution in [2.24, 2.45) is 5.92 Å². The molecule has 0 spiro atoms. The number of ether oxygens (including phenoxy) is 1. The summed E-state index contributed by atoms with van der Waals surface area (Å²) in [6.07, 6.45) is 6.03. The zero-order valence-corrected chi connectivity index (χ0v) is 11.6. The standard InChI is InChI=1S/C13H20ClNO3/c1-9(2)18-13(17)11(15-12(16)8-14)7-10-5-3-4-6-10/h7,9-10H,3-6,8H2,1-2H3,(H,15,16). The van der Waals surface area contributed by atoms with Crippen molar-refractivity contribution >= 4 is 23.5 Å². The Labute approximate surface area is 113 Å². The largest absolute Gasteiger partial charge is 0.458 e. The predicted molar refractivity (Wildman–Crippen MR) is 70.1 cm³/mol. The molecule has 102 valence electrons. The molecule has 0 aromatic carbocycles. The highest BCUT2D eigenvalue weighted by Gasteiger charge is 2.20. The Morgan fingerprint density at radius 3 is 2.50 bits per heavy atom. The number of nitrogens with one attached hydrogen (secondary N) is 1. The smallest absolute Gasteiger partial charge is 0.354 e. The van der Waals surface area contributed by atoms with Crippen LogP contribution in [0, 0.1) is 5.92 Å². The first kappa shape index (κ1) is 15.0. The van der Waals surface area contributed by atoms with Crippen LogP contribution in [0.5, 0.6) is 0 Å². The van der Waals surface area contributed by atoms with Gasteiger partial charge in [-0.3, -0.25) is 4.79 Å². The van der Waals surface area contributed by atoms with Crippen molar-refractivity contribution < 1.29 is 14.3 Å². The van der Waals surface area contributed by atoms with Crippen LogP contribution in [0.4, 0.5) is 0 Å². The second-order valence-corrected chi connectivity index (χ2v) is 5.03. The van der Waals surface area contributed by atoms with Crippen molar-refractivity contribution in [1.29, 1.82) is 0 Å². The highest BCUT2D eigenvalue weighted by Crippen LogP contribution is 2.26. The van der Waals surface area contributed by atoms with Crippen LogP contribution < -0.4 is 5.32 Å². The quantitative estimate of drug-likeness (QED) is 0.475. The molecule has 1 rings (SSSR count). The minimum absolute atomic E-state index is 0.170. The van der Waals surface area contributed by atoms with E-state index in [-0.39, 0.29) is 23.6 Å². The summed E-state index contributed by atoms with van der Waals surface area (Å²) in [6.45, 7) is 3.54. The van der Waals surface area contributed by atoms with Gasteiger partial charge in [0.1, 0.15) is 11.6 Å². The normalized spacial score (nSPS) is 17.0. The molecule has 1 amide bonds. The van der Waals surface area contributed by atoms with Crippen LogP contribution in [0.1, 0.15) is 39.5 Å². The number of esters is 1. The summed E-state index contributed by atoms with van der Waals surface area (Å²) < 4.78 is 5.10. The fraction of sp³-hybridized carbons (Fsp3) is 0.692. The zero-order chi connectivity index (χ0) is 13.5. The zero-order valence-electron chi connectivity index (χ0n) is 10.9. The van der Waals surface area contributed by atoms with Gasteiger partial charge in [-0.25, -0.2) is 4.79 Å². The Balaban J connectivity index is 2.72. The maximum atomic E-state index is 11.8. The highest BCUT2D eigenvalue weighted by molar-refractivity contribution is 6.27.